The van der Waals surface area contributed by atoms with Gasteiger partial charge in [0.05, 0.1) is 22.6 Å². The number of amides is 2. The molecule has 6 nitrogen and oxygen atoms in total. The summed E-state index contributed by atoms with van der Waals surface area (Å²) in [6.45, 7) is 4.65. The lowest BCUT2D eigenvalue weighted by molar-refractivity contribution is -0.137. The maximum absolute atomic E-state index is 13.4. The van der Waals surface area contributed by atoms with E-state index in [2.05, 4.69) is 15.7 Å². The summed E-state index contributed by atoms with van der Waals surface area (Å²) in [5, 5.41) is 8.88. The molecule has 2 N–H and O–H groups in total. The lowest BCUT2D eigenvalue weighted by Crippen LogP contribution is -2.16. The van der Waals surface area contributed by atoms with Crippen LogP contribution in [0.3, 0.4) is 0 Å². The van der Waals surface area contributed by atoms with Crippen LogP contribution in [-0.4, -0.2) is 21.6 Å². The molecule has 0 radical (unpaired) electrons. The van der Waals surface area contributed by atoms with Crippen LogP contribution in [0.15, 0.2) is 48.5 Å². The van der Waals surface area contributed by atoms with Gasteiger partial charge in [0.1, 0.15) is 5.82 Å². The maximum atomic E-state index is 13.4. The summed E-state index contributed by atoms with van der Waals surface area (Å²) in [4.78, 5) is 23.5. The number of halogens is 4. The first-order valence-corrected chi connectivity index (χ1v) is 9.76. The Balaban J connectivity index is 1.83. The molecule has 10 heteroatoms. The summed E-state index contributed by atoms with van der Waals surface area (Å²) >= 11 is 0. The van der Waals surface area contributed by atoms with E-state index in [1.807, 2.05) is 0 Å². The van der Waals surface area contributed by atoms with E-state index >= 15 is 0 Å². The molecule has 0 aliphatic rings. The van der Waals surface area contributed by atoms with Crippen LogP contribution in [0.1, 0.15) is 29.4 Å². The zero-order chi connectivity index (χ0) is 24.3. The summed E-state index contributed by atoms with van der Waals surface area (Å²) in [5.74, 6) is -1.68. The average Bonchev–Trinajstić information content (AvgIpc) is 3.00. The van der Waals surface area contributed by atoms with Crippen molar-refractivity contribution in [2.75, 3.05) is 10.6 Å². The van der Waals surface area contributed by atoms with E-state index in [1.165, 1.54) is 31.2 Å². The lowest BCUT2D eigenvalue weighted by Gasteiger charge is -2.15. The van der Waals surface area contributed by atoms with Gasteiger partial charge in [-0.2, -0.15) is 18.3 Å². The Hall–Kier alpha value is -3.95. The fourth-order valence-corrected chi connectivity index (χ4v) is 3.23. The van der Waals surface area contributed by atoms with Gasteiger partial charge in [-0.25, -0.2) is 9.07 Å². The molecule has 0 atom stereocenters. The van der Waals surface area contributed by atoms with Gasteiger partial charge in [0.2, 0.25) is 11.8 Å². The number of aryl methyl sites for hydroxylation is 1. The number of alkyl halides is 3. The molecule has 0 unspecified atom stereocenters. The molecular formula is C23H20F4N4O2. The Morgan fingerprint density at radius 2 is 1.70 bits per heavy atom. The minimum atomic E-state index is -4.75. The Kier molecular flexibility index (Phi) is 6.66. The lowest BCUT2D eigenvalue weighted by atomic mass is 10.1. The van der Waals surface area contributed by atoms with E-state index in [9.17, 15) is 27.2 Å². The number of nitrogens with zero attached hydrogens (tertiary/aromatic N) is 2. The van der Waals surface area contributed by atoms with E-state index < -0.39 is 29.2 Å². The SMILES string of the molecule is CC(=O)Nc1ccc(NC(=O)/C=C/c2c(C)nn(-c3ccc(F)cc3)c2C)c(C(F)(F)F)c1. The smallest absolute Gasteiger partial charge is 0.326 e. The number of anilines is 2. The average molecular weight is 460 g/mol. The van der Waals surface area contributed by atoms with Crippen LogP contribution in [0.2, 0.25) is 0 Å². The van der Waals surface area contributed by atoms with Crippen molar-refractivity contribution in [1.82, 2.24) is 9.78 Å². The standard InChI is InChI=1S/C23H20F4N4O2/c1-13-19(14(2)31(30-13)18-7-4-16(24)5-8-18)9-11-22(33)29-21-10-6-17(28-15(3)32)12-20(21)23(25,26)27/h4-12H,1-3H3,(H,28,32)(H,29,33)/b11-9+. The van der Waals surface area contributed by atoms with Gasteiger partial charge in [0.25, 0.3) is 0 Å². The first-order chi connectivity index (χ1) is 15.5. The summed E-state index contributed by atoms with van der Waals surface area (Å²) < 4.78 is 55.1. The van der Waals surface area contributed by atoms with Crippen LogP contribution in [-0.2, 0) is 15.8 Å². The molecule has 33 heavy (non-hydrogen) atoms. The third-order valence-electron chi connectivity index (χ3n) is 4.72. The van der Waals surface area contributed by atoms with E-state index in [0.29, 0.717) is 22.6 Å². The number of nitrogens with one attached hydrogen (secondary N) is 2. The number of hydrogen-bond donors (Lipinski definition) is 2. The molecule has 0 saturated carbocycles. The van der Waals surface area contributed by atoms with Gasteiger partial charge in [-0.1, -0.05) is 0 Å². The molecule has 3 aromatic rings. The minimum Gasteiger partial charge on any atom is -0.326 e. The zero-order valence-corrected chi connectivity index (χ0v) is 17.9. The Labute approximate surface area is 186 Å². The Bertz CT molecular complexity index is 1230. The summed E-state index contributed by atoms with van der Waals surface area (Å²) in [6.07, 6.45) is -2.19. The van der Waals surface area contributed by atoms with Crippen molar-refractivity contribution in [3.05, 3.63) is 76.9 Å². The highest BCUT2D eigenvalue weighted by atomic mass is 19.4. The second-order valence-corrected chi connectivity index (χ2v) is 7.23. The third-order valence-corrected chi connectivity index (χ3v) is 4.72. The Morgan fingerprint density at radius 1 is 1.03 bits per heavy atom. The molecule has 2 aromatic carbocycles. The summed E-state index contributed by atoms with van der Waals surface area (Å²) in [6, 6.07) is 8.78. The third kappa shape index (κ3) is 5.65. The monoisotopic (exact) mass is 460 g/mol. The number of carbonyl (C=O) groups excluding carboxylic acids is 2. The van der Waals surface area contributed by atoms with E-state index in [1.54, 1.807) is 30.7 Å². The highest BCUT2D eigenvalue weighted by Crippen LogP contribution is 2.36. The fraction of sp³-hybridized carbons (Fsp3) is 0.174. The van der Waals surface area contributed by atoms with Gasteiger partial charge in [-0.05, 0) is 62.4 Å². The van der Waals surface area contributed by atoms with Crippen molar-refractivity contribution >= 4 is 29.3 Å². The second kappa shape index (κ2) is 9.27. The van der Waals surface area contributed by atoms with Crippen LogP contribution < -0.4 is 10.6 Å². The number of benzene rings is 2. The predicted molar refractivity (Wildman–Crippen MR) is 116 cm³/mol. The first-order valence-electron chi connectivity index (χ1n) is 9.76. The van der Waals surface area contributed by atoms with Gasteiger partial charge in [-0.3, -0.25) is 9.59 Å². The minimum absolute atomic E-state index is 0.0391. The van der Waals surface area contributed by atoms with Gasteiger partial charge < -0.3 is 10.6 Å². The van der Waals surface area contributed by atoms with Gasteiger partial charge in [-0.15, -0.1) is 0 Å². The molecule has 3 rings (SSSR count). The molecule has 0 fully saturated rings. The van der Waals surface area contributed by atoms with E-state index in [4.69, 9.17) is 0 Å². The molecule has 0 aliphatic heterocycles. The summed E-state index contributed by atoms with van der Waals surface area (Å²) in [7, 11) is 0. The summed E-state index contributed by atoms with van der Waals surface area (Å²) in [5.41, 5.74) is 0.897. The van der Waals surface area contributed by atoms with Crippen LogP contribution in [0, 0.1) is 19.7 Å². The molecule has 172 valence electrons. The highest BCUT2D eigenvalue weighted by molar-refractivity contribution is 6.03. The van der Waals surface area contributed by atoms with Crippen molar-refractivity contribution in [3.63, 3.8) is 0 Å². The van der Waals surface area contributed by atoms with E-state index in [0.717, 1.165) is 18.2 Å². The van der Waals surface area contributed by atoms with Gasteiger partial charge in [0, 0.05) is 29.9 Å². The van der Waals surface area contributed by atoms with Crippen molar-refractivity contribution in [3.8, 4) is 5.69 Å². The highest BCUT2D eigenvalue weighted by Gasteiger charge is 2.34. The molecule has 0 saturated heterocycles. The molecule has 1 heterocycles. The maximum Gasteiger partial charge on any atom is 0.418 e. The zero-order valence-electron chi connectivity index (χ0n) is 17.9. The number of hydrogen-bond acceptors (Lipinski definition) is 3. The first kappa shape index (κ1) is 23.7. The second-order valence-electron chi connectivity index (χ2n) is 7.23. The van der Waals surface area contributed by atoms with Crippen LogP contribution >= 0.6 is 0 Å². The Morgan fingerprint density at radius 3 is 2.30 bits per heavy atom. The number of aromatic nitrogens is 2. The van der Waals surface area contributed by atoms with Gasteiger partial charge in [0.15, 0.2) is 0 Å². The predicted octanol–water partition coefficient (Wildman–Crippen LogP) is 5.26. The van der Waals surface area contributed by atoms with Crippen molar-refractivity contribution < 1.29 is 27.2 Å². The van der Waals surface area contributed by atoms with Crippen LogP contribution in [0.25, 0.3) is 11.8 Å². The fourth-order valence-electron chi connectivity index (χ4n) is 3.23. The molecule has 1 aromatic heterocycles. The van der Waals surface area contributed by atoms with Crippen LogP contribution in [0.5, 0.6) is 0 Å². The molecule has 0 bridgehead atoms. The normalized spacial score (nSPS) is 11.6. The largest absolute Gasteiger partial charge is 0.418 e. The topological polar surface area (TPSA) is 76.0 Å². The van der Waals surface area contributed by atoms with Crippen molar-refractivity contribution in [1.29, 1.82) is 0 Å². The van der Waals surface area contributed by atoms with E-state index in [-0.39, 0.29) is 11.5 Å². The number of rotatable bonds is 5. The van der Waals surface area contributed by atoms with Gasteiger partial charge >= 0.3 is 6.18 Å². The van der Waals surface area contributed by atoms with Crippen molar-refractivity contribution in [2.45, 2.75) is 26.9 Å². The molecule has 2 amide bonds. The molecule has 0 spiro atoms. The molecule has 0 aliphatic carbocycles. The molecular weight excluding hydrogens is 440 g/mol. The van der Waals surface area contributed by atoms with Crippen molar-refractivity contribution in [2.24, 2.45) is 0 Å². The quantitative estimate of drug-likeness (QED) is 0.403. The van der Waals surface area contributed by atoms with Crippen LogP contribution in [0.4, 0.5) is 28.9 Å². The number of carbonyl (C=O) groups is 2.